The van der Waals surface area contributed by atoms with Crippen molar-refractivity contribution in [3.63, 3.8) is 0 Å². The van der Waals surface area contributed by atoms with Crippen LogP contribution >= 0.6 is 15.9 Å². The number of para-hydroxylation sites is 1. The molecule has 0 radical (unpaired) electrons. The van der Waals surface area contributed by atoms with Gasteiger partial charge in [0.1, 0.15) is 6.04 Å². The minimum atomic E-state index is -0.895. The molecule has 0 aliphatic rings. The maximum absolute atomic E-state index is 11.8. The fraction of sp³-hybridized carbons (Fsp3) is 0.385. The largest absolute Gasteiger partial charge is 0.480 e. The van der Waals surface area contributed by atoms with E-state index in [1.807, 2.05) is 18.2 Å². The minimum absolute atomic E-state index is 0.142. The molecule has 0 spiro atoms. The molecule has 1 unspecified atom stereocenters. The lowest BCUT2D eigenvalue weighted by atomic mass is 10.2. The Balaban J connectivity index is 2.45. The molecule has 0 saturated heterocycles. The Morgan fingerprint density at radius 1 is 1.42 bits per heavy atom. The van der Waals surface area contributed by atoms with Gasteiger partial charge in [0, 0.05) is 17.4 Å². The molecule has 0 aliphatic heterocycles. The number of benzene rings is 1. The summed E-state index contributed by atoms with van der Waals surface area (Å²) in [5.74, 6) is -1.04. The number of anilines is 1. The van der Waals surface area contributed by atoms with Crippen LogP contribution in [0.3, 0.4) is 0 Å². The molecule has 6 heteroatoms. The quantitative estimate of drug-likeness (QED) is 0.839. The van der Waals surface area contributed by atoms with E-state index in [1.54, 1.807) is 24.9 Å². The molecule has 1 aromatic carbocycles. The summed E-state index contributed by atoms with van der Waals surface area (Å²) in [4.78, 5) is 24.2. The number of nitrogens with zero attached hydrogens (tertiary/aromatic N) is 1. The Bertz CT molecular complexity index is 465. The van der Waals surface area contributed by atoms with E-state index >= 15 is 0 Å². The first kappa shape index (κ1) is 15.7. The van der Waals surface area contributed by atoms with E-state index in [2.05, 4.69) is 21.2 Å². The normalized spacial score (nSPS) is 12.2. The molecular weight excluding hydrogens is 312 g/mol. The van der Waals surface area contributed by atoms with Crippen LogP contribution in [0.25, 0.3) is 0 Å². The molecule has 5 nitrogen and oxygen atoms in total. The molecular formula is C13H17BrN2O3. The van der Waals surface area contributed by atoms with Gasteiger partial charge in [-0.25, -0.2) is 0 Å². The van der Waals surface area contributed by atoms with Crippen LogP contribution in [0.5, 0.6) is 0 Å². The van der Waals surface area contributed by atoms with Crippen molar-refractivity contribution in [2.75, 3.05) is 18.9 Å². The molecule has 0 saturated carbocycles. The van der Waals surface area contributed by atoms with E-state index in [1.165, 1.54) is 0 Å². The average molecular weight is 329 g/mol. The first-order chi connectivity index (χ1) is 8.91. The van der Waals surface area contributed by atoms with Crippen LogP contribution in [0, 0.1) is 0 Å². The molecule has 1 rings (SSSR count). The zero-order chi connectivity index (χ0) is 14.4. The molecule has 0 fully saturated rings. The van der Waals surface area contributed by atoms with Gasteiger partial charge in [0.2, 0.25) is 5.91 Å². The molecule has 1 aromatic rings. The Hall–Kier alpha value is -1.40. The average Bonchev–Trinajstić information content (AvgIpc) is 2.37. The van der Waals surface area contributed by atoms with E-state index < -0.39 is 12.0 Å². The van der Waals surface area contributed by atoms with Gasteiger partial charge in [-0.2, -0.15) is 0 Å². The molecule has 2 N–H and O–H groups in total. The maximum Gasteiger partial charge on any atom is 0.320 e. The standard InChI is InChI=1S/C13H17BrN2O3/c1-9(13(18)19)16(2)8-7-12(17)15-11-6-4-3-5-10(11)14/h3-6,9H,7-8H2,1-2H3,(H,15,17)(H,18,19). The summed E-state index contributed by atoms with van der Waals surface area (Å²) in [6, 6.07) is 6.73. The first-order valence-corrected chi connectivity index (χ1v) is 6.68. The number of nitrogens with one attached hydrogen (secondary N) is 1. The van der Waals surface area contributed by atoms with Crippen LogP contribution in [0.2, 0.25) is 0 Å². The molecule has 19 heavy (non-hydrogen) atoms. The van der Waals surface area contributed by atoms with Gasteiger partial charge in [0.25, 0.3) is 0 Å². The molecule has 1 atom stereocenters. The van der Waals surface area contributed by atoms with Crippen molar-refractivity contribution in [3.05, 3.63) is 28.7 Å². The van der Waals surface area contributed by atoms with Gasteiger partial charge < -0.3 is 10.4 Å². The van der Waals surface area contributed by atoms with Gasteiger partial charge in [-0.1, -0.05) is 12.1 Å². The fourth-order valence-electron chi connectivity index (χ4n) is 1.44. The zero-order valence-corrected chi connectivity index (χ0v) is 12.5. The van der Waals surface area contributed by atoms with Gasteiger partial charge in [0.05, 0.1) is 5.69 Å². The van der Waals surface area contributed by atoms with Gasteiger partial charge >= 0.3 is 5.97 Å². The van der Waals surface area contributed by atoms with Crippen LogP contribution in [-0.4, -0.2) is 41.5 Å². The summed E-state index contributed by atoms with van der Waals surface area (Å²) in [6.07, 6.45) is 0.245. The highest BCUT2D eigenvalue weighted by molar-refractivity contribution is 9.10. The second kappa shape index (κ2) is 7.25. The topological polar surface area (TPSA) is 69.6 Å². The second-order valence-electron chi connectivity index (χ2n) is 4.27. The molecule has 0 aliphatic carbocycles. The highest BCUT2D eigenvalue weighted by atomic mass is 79.9. The lowest BCUT2D eigenvalue weighted by Crippen LogP contribution is -2.37. The third-order valence-corrected chi connectivity index (χ3v) is 3.55. The number of carbonyl (C=O) groups is 2. The zero-order valence-electron chi connectivity index (χ0n) is 10.9. The molecule has 1 amide bonds. The van der Waals surface area contributed by atoms with Crippen molar-refractivity contribution in [2.24, 2.45) is 0 Å². The molecule has 104 valence electrons. The molecule has 0 bridgehead atoms. The summed E-state index contributed by atoms with van der Waals surface area (Å²) < 4.78 is 0.815. The highest BCUT2D eigenvalue weighted by Gasteiger charge is 2.17. The van der Waals surface area contributed by atoms with Gasteiger partial charge in [0.15, 0.2) is 0 Å². The third-order valence-electron chi connectivity index (χ3n) is 2.86. The van der Waals surface area contributed by atoms with Crippen LogP contribution in [-0.2, 0) is 9.59 Å². The number of carboxylic acid groups (broad SMARTS) is 1. The third kappa shape index (κ3) is 5.00. The van der Waals surface area contributed by atoms with Crippen LogP contribution in [0.1, 0.15) is 13.3 Å². The van der Waals surface area contributed by atoms with E-state index in [4.69, 9.17) is 5.11 Å². The predicted molar refractivity (Wildman–Crippen MR) is 77.1 cm³/mol. The van der Waals surface area contributed by atoms with Crippen molar-refractivity contribution in [1.29, 1.82) is 0 Å². The maximum atomic E-state index is 11.8. The predicted octanol–water partition coefficient (Wildman–Crippen LogP) is 2.18. The highest BCUT2D eigenvalue weighted by Crippen LogP contribution is 2.21. The van der Waals surface area contributed by atoms with E-state index in [0.717, 1.165) is 4.47 Å². The smallest absolute Gasteiger partial charge is 0.320 e. The summed E-state index contributed by atoms with van der Waals surface area (Å²) in [6.45, 7) is 1.98. The van der Waals surface area contributed by atoms with Crippen molar-refractivity contribution >= 4 is 33.5 Å². The van der Waals surface area contributed by atoms with E-state index in [0.29, 0.717) is 12.2 Å². The lowest BCUT2D eigenvalue weighted by Gasteiger charge is -2.20. The van der Waals surface area contributed by atoms with Crippen molar-refractivity contribution < 1.29 is 14.7 Å². The number of carboxylic acids is 1. The fourth-order valence-corrected chi connectivity index (χ4v) is 1.82. The second-order valence-corrected chi connectivity index (χ2v) is 5.13. The van der Waals surface area contributed by atoms with Crippen LogP contribution in [0.4, 0.5) is 5.69 Å². The van der Waals surface area contributed by atoms with Gasteiger partial charge in [-0.3, -0.25) is 14.5 Å². The number of likely N-dealkylation sites (N-methyl/N-ethyl adjacent to an activating group) is 1. The van der Waals surface area contributed by atoms with E-state index in [-0.39, 0.29) is 12.3 Å². The van der Waals surface area contributed by atoms with Crippen molar-refractivity contribution in [1.82, 2.24) is 4.90 Å². The summed E-state index contributed by atoms with van der Waals surface area (Å²) in [5, 5.41) is 11.6. The molecule has 0 aromatic heterocycles. The lowest BCUT2D eigenvalue weighted by molar-refractivity contribution is -0.142. The number of hydrogen-bond acceptors (Lipinski definition) is 3. The number of hydrogen-bond donors (Lipinski definition) is 2. The Kier molecular flexibility index (Phi) is 5.98. The number of rotatable bonds is 6. The van der Waals surface area contributed by atoms with Crippen molar-refractivity contribution in [3.8, 4) is 0 Å². The monoisotopic (exact) mass is 328 g/mol. The minimum Gasteiger partial charge on any atom is -0.480 e. The Morgan fingerprint density at radius 2 is 2.05 bits per heavy atom. The summed E-state index contributed by atoms with van der Waals surface area (Å²) in [7, 11) is 1.69. The number of amides is 1. The summed E-state index contributed by atoms with van der Waals surface area (Å²) >= 11 is 3.34. The Labute approximate surface area is 120 Å². The number of halogens is 1. The van der Waals surface area contributed by atoms with Gasteiger partial charge in [-0.05, 0) is 42.0 Å². The summed E-state index contributed by atoms with van der Waals surface area (Å²) in [5.41, 5.74) is 0.710. The Morgan fingerprint density at radius 3 is 2.63 bits per heavy atom. The van der Waals surface area contributed by atoms with Crippen LogP contribution < -0.4 is 5.32 Å². The van der Waals surface area contributed by atoms with Gasteiger partial charge in [-0.15, -0.1) is 0 Å². The molecule has 0 heterocycles. The van der Waals surface area contributed by atoms with E-state index in [9.17, 15) is 9.59 Å². The SMILES string of the molecule is CC(C(=O)O)N(C)CCC(=O)Nc1ccccc1Br. The first-order valence-electron chi connectivity index (χ1n) is 5.89. The van der Waals surface area contributed by atoms with Crippen molar-refractivity contribution in [2.45, 2.75) is 19.4 Å². The number of carbonyl (C=O) groups excluding carboxylic acids is 1. The van der Waals surface area contributed by atoms with Crippen LogP contribution in [0.15, 0.2) is 28.7 Å². The number of aliphatic carboxylic acids is 1.